The fourth-order valence-electron chi connectivity index (χ4n) is 2.69. The number of anilines is 1. The normalized spacial score (nSPS) is 19.5. The molecule has 1 unspecified atom stereocenters. The van der Waals surface area contributed by atoms with Crippen molar-refractivity contribution in [3.05, 3.63) is 65.5 Å². The summed E-state index contributed by atoms with van der Waals surface area (Å²) in [6.07, 6.45) is -5.39. The molecule has 1 aliphatic heterocycles. The minimum Gasteiger partial charge on any atom is -0.314 e. The first-order valence-electron chi connectivity index (χ1n) is 7.94. The Morgan fingerprint density at radius 1 is 1.07 bits per heavy atom. The van der Waals surface area contributed by atoms with Gasteiger partial charge in [-0.25, -0.2) is 14.1 Å². The number of carbonyl (C=O) groups excluding carboxylic acids is 3. The van der Waals surface area contributed by atoms with Gasteiger partial charge in [-0.15, -0.1) is 0 Å². The van der Waals surface area contributed by atoms with Crippen LogP contribution in [-0.2, 0) is 4.79 Å². The molecule has 0 aromatic heterocycles. The van der Waals surface area contributed by atoms with Crippen LogP contribution >= 0.6 is 0 Å². The summed E-state index contributed by atoms with van der Waals surface area (Å²) in [5.74, 6) is -4.34. The zero-order valence-corrected chi connectivity index (χ0v) is 14.3. The van der Waals surface area contributed by atoms with Gasteiger partial charge in [-0.3, -0.25) is 14.9 Å². The van der Waals surface area contributed by atoms with E-state index in [-0.39, 0.29) is 10.6 Å². The molecule has 28 heavy (non-hydrogen) atoms. The summed E-state index contributed by atoms with van der Waals surface area (Å²) in [5, 5.41) is 2.95. The van der Waals surface area contributed by atoms with Crippen LogP contribution in [0.3, 0.4) is 0 Å². The number of carbonyl (C=O) groups is 3. The molecule has 6 nitrogen and oxygen atoms in total. The van der Waals surface area contributed by atoms with Crippen molar-refractivity contribution in [3.63, 3.8) is 0 Å². The number of urea groups is 1. The highest BCUT2D eigenvalue weighted by atomic mass is 19.4. The summed E-state index contributed by atoms with van der Waals surface area (Å²) in [7, 11) is 0. The van der Waals surface area contributed by atoms with Crippen LogP contribution in [0.5, 0.6) is 0 Å². The zero-order chi connectivity index (χ0) is 20.7. The van der Waals surface area contributed by atoms with E-state index in [2.05, 4.69) is 0 Å². The molecule has 10 heteroatoms. The molecule has 2 N–H and O–H groups in total. The Labute approximate surface area is 156 Å². The van der Waals surface area contributed by atoms with Gasteiger partial charge in [0.05, 0.1) is 11.3 Å². The molecule has 0 bridgehead atoms. The number of aryl methyl sites for hydroxylation is 1. The van der Waals surface area contributed by atoms with Crippen molar-refractivity contribution in [2.24, 2.45) is 0 Å². The fourth-order valence-corrected chi connectivity index (χ4v) is 2.69. The van der Waals surface area contributed by atoms with Gasteiger partial charge in [-0.1, -0.05) is 29.8 Å². The Kier molecular flexibility index (Phi) is 4.58. The van der Waals surface area contributed by atoms with Crippen molar-refractivity contribution in [1.29, 1.82) is 0 Å². The van der Waals surface area contributed by atoms with Crippen molar-refractivity contribution in [3.8, 4) is 0 Å². The molecular weight excluding hydrogens is 382 g/mol. The van der Waals surface area contributed by atoms with E-state index in [4.69, 9.17) is 0 Å². The third-order valence-corrected chi connectivity index (χ3v) is 4.16. The number of nitrogens with one attached hydrogen (secondary N) is 2. The second-order valence-corrected chi connectivity index (χ2v) is 6.09. The maximum atomic E-state index is 13.8. The molecule has 146 valence electrons. The molecule has 1 fully saturated rings. The predicted octanol–water partition coefficient (Wildman–Crippen LogP) is 2.88. The van der Waals surface area contributed by atoms with E-state index in [1.165, 1.54) is 47.0 Å². The van der Waals surface area contributed by atoms with E-state index in [9.17, 15) is 31.9 Å². The highest BCUT2D eigenvalue weighted by Gasteiger charge is 2.69. The topological polar surface area (TPSA) is 78.5 Å². The van der Waals surface area contributed by atoms with Crippen LogP contribution in [0.1, 0.15) is 15.9 Å². The smallest absolute Gasteiger partial charge is 0.314 e. The van der Waals surface area contributed by atoms with Gasteiger partial charge in [0.25, 0.3) is 17.5 Å². The third-order valence-electron chi connectivity index (χ3n) is 4.16. The highest BCUT2D eigenvalue weighted by Crippen LogP contribution is 2.36. The second-order valence-electron chi connectivity index (χ2n) is 6.09. The molecule has 1 aliphatic rings. The van der Waals surface area contributed by atoms with Gasteiger partial charge in [0.1, 0.15) is 5.82 Å². The lowest BCUT2D eigenvalue weighted by atomic mass is 10.1. The lowest BCUT2D eigenvalue weighted by Crippen LogP contribution is -2.69. The summed E-state index contributed by atoms with van der Waals surface area (Å²) in [5.41, 5.74) is -3.79. The Bertz CT molecular complexity index is 959. The molecular formula is C18H13F4N3O3. The second kappa shape index (κ2) is 6.63. The van der Waals surface area contributed by atoms with Crippen LogP contribution in [0.4, 0.5) is 28.0 Å². The van der Waals surface area contributed by atoms with Crippen molar-refractivity contribution in [2.45, 2.75) is 18.8 Å². The summed E-state index contributed by atoms with van der Waals surface area (Å²) >= 11 is 0. The number of halogens is 4. The van der Waals surface area contributed by atoms with Crippen LogP contribution in [-0.4, -0.2) is 29.7 Å². The number of hydrogen-bond donors (Lipinski definition) is 2. The van der Waals surface area contributed by atoms with Crippen LogP contribution in [0, 0.1) is 12.7 Å². The summed E-state index contributed by atoms with van der Waals surface area (Å²) in [6, 6.07) is 8.52. The van der Waals surface area contributed by atoms with E-state index in [0.29, 0.717) is 0 Å². The molecule has 3 rings (SSSR count). The molecule has 1 saturated heterocycles. The van der Waals surface area contributed by atoms with Gasteiger partial charge in [0.15, 0.2) is 0 Å². The third kappa shape index (κ3) is 3.06. The molecule has 1 heterocycles. The molecule has 2 aromatic carbocycles. The lowest BCUT2D eigenvalue weighted by Gasteiger charge is -2.29. The van der Waals surface area contributed by atoms with Gasteiger partial charge in [-0.2, -0.15) is 13.2 Å². The van der Waals surface area contributed by atoms with Gasteiger partial charge < -0.3 is 5.32 Å². The Morgan fingerprint density at radius 2 is 1.68 bits per heavy atom. The van der Waals surface area contributed by atoms with Crippen molar-refractivity contribution in [2.75, 3.05) is 4.90 Å². The maximum Gasteiger partial charge on any atom is 0.440 e. The molecule has 1 atom stereocenters. The van der Waals surface area contributed by atoms with Gasteiger partial charge >= 0.3 is 12.2 Å². The van der Waals surface area contributed by atoms with E-state index < -0.39 is 41.1 Å². The average molecular weight is 395 g/mol. The first kappa shape index (κ1) is 19.3. The lowest BCUT2D eigenvalue weighted by molar-refractivity contribution is -0.197. The van der Waals surface area contributed by atoms with E-state index in [1.54, 1.807) is 6.92 Å². The summed E-state index contributed by atoms with van der Waals surface area (Å²) in [4.78, 5) is 37.3. The molecule has 0 spiro atoms. The van der Waals surface area contributed by atoms with Gasteiger partial charge in [0.2, 0.25) is 0 Å². The van der Waals surface area contributed by atoms with Crippen LogP contribution < -0.4 is 15.5 Å². The molecule has 0 aliphatic carbocycles. The van der Waals surface area contributed by atoms with Gasteiger partial charge in [0, 0.05) is 0 Å². The van der Waals surface area contributed by atoms with Crippen LogP contribution in [0.2, 0.25) is 0 Å². The van der Waals surface area contributed by atoms with Crippen LogP contribution in [0.15, 0.2) is 48.5 Å². The Morgan fingerprint density at radius 3 is 2.25 bits per heavy atom. The van der Waals surface area contributed by atoms with Gasteiger partial charge in [-0.05, 0) is 31.2 Å². The zero-order valence-electron chi connectivity index (χ0n) is 14.3. The minimum atomic E-state index is -5.39. The maximum absolute atomic E-state index is 13.8. The summed E-state index contributed by atoms with van der Waals surface area (Å²) < 4.78 is 55.2. The predicted molar refractivity (Wildman–Crippen MR) is 89.8 cm³/mol. The quantitative estimate of drug-likeness (QED) is 0.620. The molecule has 4 amide bonds. The summed E-state index contributed by atoms with van der Waals surface area (Å²) in [6.45, 7) is 1.71. The SMILES string of the molecule is Cc1ccc(N2C(=O)NC(NC(=O)c3ccccc3F)(C(F)(F)F)C2=O)cc1. The Balaban J connectivity index is 2.02. The average Bonchev–Trinajstić information content (AvgIpc) is 2.87. The number of rotatable bonds is 3. The van der Waals surface area contributed by atoms with E-state index >= 15 is 0 Å². The van der Waals surface area contributed by atoms with Crippen molar-refractivity contribution < 1.29 is 31.9 Å². The number of alkyl halides is 3. The number of hydrogen-bond acceptors (Lipinski definition) is 3. The van der Waals surface area contributed by atoms with Crippen LogP contribution in [0.25, 0.3) is 0 Å². The number of nitrogens with zero attached hydrogens (tertiary/aromatic N) is 1. The number of benzene rings is 2. The highest BCUT2D eigenvalue weighted by molar-refractivity contribution is 6.24. The molecule has 0 saturated carbocycles. The monoisotopic (exact) mass is 395 g/mol. The first-order valence-corrected chi connectivity index (χ1v) is 7.94. The number of imide groups is 1. The largest absolute Gasteiger partial charge is 0.440 e. The molecule has 0 radical (unpaired) electrons. The molecule has 2 aromatic rings. The van der Waals surface area contributed by atoms with Crippen molar-refractivity contribution in [1.82, 2.24) is 10.6 Å². The van der Waals surface area contributed by atoms with Crippen molar-refractivity contribution >= 4 is 23.5 Å². The van der Waals surface area contributed by atoms with E-state index in [1.807, 2.05) is 0 Å². The standard InChI is InChI=1S/C18H13F4N3O3/c1-10-6-8-11(9-7-10)25-15(27)17(18(20,21)22,24-16(25)28)23-14(26)12-4-2-3-5-13(12)19/h2-9H,1H3,(H,23,26)(H,24,28). The minimum absolute atomic E-state index is 0.112. The first-order chi connectivity index (χ1) is 13.1. The Hall–Kier alpha value is -3.43. The number of amides is 4. The fraction of sp³-hybridized carbons (Fsp3) is 0.167. The van der Waals surface area contributed by atoms with E-state index in [0.717, 1.165) is 17.7 Å².